The second-order valence-corrected chi connectivity index (χ2v) is 9.94. The molecular weight excluding hydrogens is 474 g/mol. The highest BCUT2D eigenvalue weighted by Crippen LogP contribution is 2.31. The lowest BCUT2D eigenvalue weighted by Gasteiger charge is -2.34. The van der Waals surface area contributed by atoms with Crippen LogP contribution in [0.15, 0.2) is 41.4 Å². The van der Waals surface area contributed by atoms with Crippen LogP contribution in [-0.2, 0) is 26.0 Å². The number of fused-ring (bicyclic) bond motifs is 1. The maximum absolute atomic E-state index is 12.1. The van der Waals surface area contributed by atoms with Gasteiger partial charge in [0.05, 0.1) is 18.4 Å². The van der Waals surface area contributed by atoms with Gasteiger partial charge in [-0.2, -0.15) is 0 Å². The fourth-order valence-electron chi connectivity index (χ4n) is 5.20. The molecule has 196 valence electrons. The summed E-state index contributed by atoms with van der Waals surface area (Å²) in [6, 6.07) is 5.74. The van der Waals surface area contributed by atoms with E-state index >= 15 is 0 Å². The predicted molar refractivity (Wildman–Crippen MR) is 136 cm³/mol. The van der Waals surface area contributed by atoms with Gasteiger partial charge in [0.2, 0.25) is 5.91 Å². The fourth-order valence-corrected chi connectivity index (χ4v) is 5.20. The Kier molecular flexibility index (Phi) is 7.40. The van der Waals surface area contributed by atoms with E-state index in [0.717, 1.165) is 30.8 Å². The molecule has 0 spiro atoms. The van der Waals surface area contributed by atoms with Crippen molar-refractivity contribution in [1.29, 1.82) is 0 Å². The summed E-state index contributed by atoms with van der Waals surface area (Å²) in [4.78, 5) is 22.6. The Labute approximate surface area is 215 Å². The smallest absolute Gasteiger partial charge is 0.249 e. The highest BCUT2D eigenvalue weighted by atomic mass is 16.5. The van der Waals surface area contributed by atoms with Crippen molar-refractivity contribution in [3.05, 3.63) is 70.6 Å². The molecule has 5 rings (SSSR count). The summed E-state index contributed by atoms with van der Waals surface area (Å²) < 4.78 is 11.2. The van der Waals surface area contributed by atoms with Crippen molar-refractivity contribution in [2.75, 3.05) is 18.4 Å². The average Bonchev–Trinajstić information content (AvgIpc) is 3.37. The van der Waals surface area contributed by atoms with Crippen LogP contribution < -0.4 is 15.8 Å². The van der Waals surface area contributed by atoms with Crippen molar-refractivity contribution in [3.8, 4) is 5.75 Å². The summed E-state index contributed by atoms with van der Waals surface area (Å²) >= 11 is 0. The maximum Gasteiger partial charge on any atom is 0.249 e. The molecule has 10 heteroatoms. The minimum atomic E-state index is -0.706. The molecular formula is C27H33N5O5. The van der Waals surface area contributed by atoms with E-state index in [0.29, 0.717) is 48.7 Å². The molecule has 1 atom stereocenters. The lowest BCUT2D eigenvalue weighted by atomic mass is 9.89. The number of ether oxygens (including phenoxy) is 1. The Bertz CT molecular complexity index is 1240. The quantitative estimate of drug-likeness (QED) is 0.323. The topological polar surface area (TPSA) is 147 Å². The number of carbonyl (C=O) groups is 1. The van der Waals surface area contributed by atoms with E-state index in [-0.39, 0.29) is 18.6 Å². The highest BCUT2D eigenvalue weighted by molar-refractivity contribution is 5.95. The Morgan fingerprint density at radius 1 is 1.35 bits per heavy atom. The van der Waals surface area contributed by atoms with Crippen molar-refractivity contribution in [2.24, 2.45) is 5.73 Å². The first kappa shape index (κ1) is 25.2. The van der Waals surface area contributed by atoms with Crippen LogP contribution in [0.3, 0.4) is 0 Å². The molecule has 3 aromatic rings. The number of benzene rings is 1. The molecule has 0 saturated heterocycles. The lowest BCUT2D eigenvalue weighted by molar-refractivity contribution is 0.0832. The number of pyridine rings is 1. The van der Waals surface area contributed by atoms with Crippen LogP contribution in [0.25, 0.3) is 0 Å². The molecule has 5 N–H and O–H groups in total. The number of carbonyl (C=O) groups excluding carboxylic acids is 1. The molecule has 1 fully saturated rings. The third-order valence-electron chi connectivity index (χ3n) is 7.26. The summed E-state index contributed by atoms with van der Waals surface area (Å²) in [5.41, 5.74) is 10.2. The lowest BCUT2D eigenvalue weighted by Crippen LogP contribution is -2.40. The number of aliphatic hydroxyl groups is 2. The van der Waals surface area contributed by atoms with Gasteiger partial charge in [-0.1, -0.05) is 6.07 Å². The number of nitrogens with zero attached hydrogens (tertiary/aromatic N) is 3. The van der Waals surface area contributed by atoms with Gasteiger partial charge >= 0.3 is 0 Å². The number of aromatic nitrogens is 2. The number of amides is 1. The minimum absolute atomic E-state index is 0.0907. The maximum atomic E-state index is 12.1. The number of aliphatic hydroxyl groups excluding tert-OH is 2. The molecule has 37 heavy (non-hydrogen) atoms. The fraction of sp³-hybridized carbons (Fsp3) is 0.444. The number of primary amides is 1. The molecule has 3 heterocycles. The van der Waals surface area contributed by atoms with Gasteiger partial charge in [-0.25, -0.2) is 9.97 Å². The highest BCUT2D eigenvalue weighted by Gasteiger charge is 2.29. The molecule has 10 nitrogen and oxygen atoms in total. The summed E-state index contributed by atoms with van der Waals surface area (Å²) in [6.07, 6.45) is 5.92. The molecule has 2 aliphatic rings. The zero-order valence-electron chi connectivity index (χ0n) is 20.9. The van der Waals surface area contributed by atoms with Crippen molar-refractivity contribution >= 4 is 11.7 Å². The van der Waals surface area contributed by atoms with E-state index in [1.807, 2.05) is 6.07 Å². The molecule has 0 radical (unpaired) electrons. The van der Waals surface area contributed by atoms with E-state index < -0.39 is 12.0 Å². The van der Waals surface area contributed by atoms with Gasteiger partial charge < -0.3 is 30.4 Å². The zero-order chi connectivity index (χ0) is 25.9. The Hall–Kier alpha value is -3.47. The minimum Gasteiger partial charge on any atom is -0.485 e. The van der Waals surface area contributed by atoms with E-state index in [1.54, 1.807) is 18.5 Å². The van der Waals surface area contributed by atoms with E-state index in [4.69, 9.17) is 14.9 Å². The second-order valence-electron chi connectivity index (χ2n) is 9.94. The van der Waals surface area contributed by atoms with Gasteiger partial charge in [0.15, 0.2) is 12.2 Å². The zero-order valence-corrected chi connectivity index (χ0v) is 20.9. The molecule has 1 amide bonds. The van der Waals surface area contributed by atoms with Crippen LogP contribution in [0, 0.1) is 6.92 Å². The van der Waals surface area contributed by atoms with Crippen LogP contribution in [0.4, 0.5) is 5.82 Å². The standard InChI is InChI=1S/C27H33N5O5/c1-16-22-5-7-32(12-17(22)2-3-25(16)36-14-21-11-29-15-37-21)13-20(34)10-24-23(26(28)35)4-6-30-27(24)31-18-8-19(33)9-18/h2-4,6,11,15,18-20,33-34H,5,7-10,12-14H2,1H3,(H2,28,35)(H,30,31)/t18?,19?,20-/m0/s1. The molecule has 0 bridgehead atoms. The van der Waals surface area contributed by atoms with Gasteiger partial charge in [-0.15, -0.1) is 0 Å². The van der Waals surface area contributed by atoms with E-state index in [2.05, 4.69) is 33.2 Å². The van der Waals surface area contributed by atoms with E-state index in [1.165, 1.54) is 17.5 Å². The van der Waals surface area contributed by atoms with Crippen LogP contribution in [0.1, 0.15) is 51.2 Å². The Balaban J connectivity index is 1.23. The first-order valence-electron chi connectivity index (χ1n) is 12.6. The Morgan fingerprint density at radius 2 is 2.19 bits per heavy atom. The second kappa shape index (κ2) is 10.9. The van der Waals surface area contributed by atoms with Crippen molar-refractivity contribution < 1.29 is 24.2 Å². The van der Waals surface area contributed by atoms with Crippen LogP contribution in [0.2, 0.25) is 0 Å². The third kappa shape index (κ3) is 5.76. The number of rotatable bonds is 10. The SMILES string of the molecule is Cc1c(OCc2cnco2)ccc2c1CCN(C[C@@H](O)Cc1c(C(N)=O)ccnc1NC1CC(O)C1)C2. The first-order chi connectivity index (χ1) is 17.9. The van der Waals surface area contributed by atoms with Gasteiger partial charge in [-0.3, -0.25) is 9.69 Å². The number of oxazole rings is 1. The number of nitrogens with one attached hydrogen (secondary N) is 1. The first-order valence-corrected chi connectivity index (χ1v) is 12.6. The molecule has 2 aromatic heterocycles. The third-order valence-corrected chi connectivity index (χ3v) is 7.26. The van der Waals surface area contributed by atoms with Crippen LogP contribution in [0.5, 0.6) is 5.75 Å². The molecule has 1 aliphatic heterocycles. The van der Waals surface area contributed by atoms with Crippen molar-refractivity contribution in [2.45, 2.75) is 64.0 Å². The number of nitrogens with two attached hydrogens (primary N) is 1. The Morgan fingerprint density at radius 3 is 2.92 bits per heavy atom. The molecule has 0 unspecified atom stereocenters. The average molecular weight is 508 g/mol. The number of β-amino-alcohol motifs (C(OH)–C–C–N with tert-alkyl or cyclic N) is 1. The monoisotopic (exact) mass is 507 g/mol. The summed E-state index contributed by atoms with van der Waals surface area (Å²) in [7, 11) is 0. The van der Waals surface area contributed by atoms with Crippen LogP contribution >= 0.6 is 0 Å². The summed E-state index contributed by atoms with van der Waals surface area (Å²) in [6.45, 7) is 4.38. The molecule has 1 aromatic carbocycles. The van der Waals surface area contributed by atoms with Gasteiger partial charge in [-0.05, 0) is 55.0 Å². The largest absolute Gasteiger partial charge is 0.485 e. The predicted octanol–water partition coefficient (Wildman–Crippen LogP) is 1.95. The van der Waals surface area contributed by atoms with Crippen molar-refractivity contribution in [1.82, 2.24) is 14.9 Å². The molecule has 1 aliphatic carbocycles. The van der Waals surface area contributed by atoms with E-state index in [9.17, 15) is 15.0 Å². The normalized spacial score (nSPS) is 20.1. The molecule has 1 saturated carbocycles. The number of anilines is 1. The summed E-state index contributed by atoms with van der Waals surface area (Å²) in [5.74, 6) is 1.50. The van der Waals surface area contributed by atoms with Gasteiger partial charge in [0.1, 0.15) is 18.2 Å². The van der Waals surface area contributed by atoms with Gasteiger partial charge in [0, 0.05) is 49.4 Å². The summed E-state index contributed by atoms with van der Waals surface area (Å²) in [5, 5.41) is 23.9. The van der Waals surface area contributed by atoms with Crippen molar-refractivity contribution in [3.63, 3.8) is 0 Å². The number of hydrogen-bond donors (Lipinski definition) is 4. The van der Waals surface area contributed by atoms with Crippen LogP contribution in [-0.4, -0.2) is 62.3 Å². The number of hydrogen-bond acceptors (Lipinski definition) is 9. The van der Waals surface area contributed by atoms with Gasteiger partial charge in [0.25, 0.3) is 0 Å².